The summed E-state index contributed by atoms with van der Waals surface area (Å²) in [5, 5.41) is 14.5. The van der Waals surface area contributed by atoms with Crippen LogP contribution in [-0.4, -0.2) is 22.2 Å². The molecule has 4 nitrogen and oxygen atoms in total. The average molecular weight is 481 g/mol. The molecule has 1 aromatic heterocycles. The zero-order valence-corrected chi connectivity index (χ0v) is 21.3. The summed E-state index contributed by atoms with van der Waals surface area (Å²) < 4.78 is 2.38. The van der Waals surface area contributed by atoms with Crippen molar-refractivity contribution in [1.82, 2.24) is 9.88 Å². The van der Waals surface area contributed by atoms with E-state index in [1.54, 1.807) is 0 Å². The molecule has 1 aliphatic rings. The molecule has 1 saturated carbocycles. The molecule has 1 unspecified atom stereocenters. The highest BCUT2D eigenvalue weighted by molar-refractivity contribution is 5.85. The highest BCUT2D eigenvalue weighted by Gasteiger charge is 2.33. The number of nitrogens with one attached hydrogen (secondary N) is 1. The summed E-state index contributed by atoms with van der Waals surface area (Å²) in [4.78, 5) is 13.6. The first-order chi connectivity index (χ1) is 17.6. The normalized spacial score (nSPS) is 15.8. The third kappa shape index (κ3) is 4.83. The van der Waals surface area contributed by atoms with Gasteiger partial charge in [-0.3, -0.25) is 4.79 Å². The lowest BCUT2D eigenvalue weighted by Gasteiger charge is -2.26. The van der Waals surface area contributed by atoms with E-state index in [-0.39, 0.29) is 18.4 Å². The maximum Gasteiger partial charge on any atom is 0.228 e. The number of aliphatic hydroxyl groups is 1. The Morgan fingerprint density at radius 3 is 2.28 bits per heavy atom. The quantitative estimate of drug-likeness (QED) is 0.305. The van der Waals surface area contributed by atoms with Crippen molar-refractivity contribution in [3.8, 4) is 0 Å². The lowest BCUT2D eigenvalue weighted by Crippen LogP contribution is -2.37. The van der Waals surface area contributed by atoms with Gasteiger partial charge in [0.2, 0.25) is 5.91 Å². The molecule has 0 spiro atoms. The predicted molar refractivity (Wildman–Crippen MR) is 146 cm³/mol. The number of hydrogen-bond acceptors (Lipinski definition) is 2. The second-order valence-corrected chi connectivity index (χ2v) is 10.2. The molecular weight excluding hydrogens is 444 g/mol. The van der Waals surface area contributed by atoms with Crippen molar-refractivity contribution in [2.45, 2.75) is 58.0 Å². The standard InChI is InChI=1S/C32H36N2O2/c1-22-23(2)34(30-15-9-8-14-28(22)30)20-24-16-18-27(19-17-24)31(26-12-6-7-13-26)32(36)33-29(21-35)25-10-4-3-5-11-25/h3-5,8-11,14-19,26,29,31,35H,6-7,12-13,20-21H2,1-2H3,(H,33,36)/t29-,31?/m0/s1. The Morgan fingerprint density at radius 2 is 1.58 bits per heavy atom. The molecule has 1 heterocycles. The Kier molecular flexibility index (Phi) is 7.24. The summed E-state index contributed by atoms with van der Waals surface area (Å²) in [6, 6.07) is 26.5. The van der Waals surface area contributed by atoms with E-state index in [1.165, 1.54) is 40.6 Å². The maximum atomic E-state index is 13.6. The molecule has 186 valence electrons. The van der Waals surface area contributed by atoms with E-state index in [4.69, 9.17) is 0 Å². The lowest BCUT2D eigenvalue weighted by molar-refractivity contribution is -0.124. The van der Waals surface area contributed by atoms with Gasteiger partial charge in [0, 0.05) is 23.1 Å². The monoisotopic (exact) mass is 480 g/mol. The Labute approximate surface area is 214 Å². The highest BCUT2D eigenvalue weighted by atomic mass is 16.3. The number of benzene rings is 3. The second kappa shape index (κ2) is 10.7. The van der Waals surface area contributed by atoms with Crippen molar-refractivity contribution in [1.29, 1.82) is 0 Å². The number of aryl methyl sites for hydroxylation is 1. The topological polar surface area (TPSA) is 54.3 Å². The van der Waals surface area contributed by atoms with Crippen LogP contribution in [0.25, 0.3) is 10.9 Å². The van der Waals surface area contributed by atoms with Gasteiger partial charge in [0.05, 0.1) is 18.6 Å². The van der Waals surface area contributed by atoms with E-state index in [9.17, 15) is 9.90 Å². The number of carbonyl (C=O) groups excluding carboxylic acids is 1. The van der Waals surface area contributed by atoms with Crippen molar-refractivity contribution in [3.63, 3.8) is 0 Å². The molecule has 2 atom stereocenters. The number of hydrogen-bond donors (Lipinski definition) is 2. The zero-order chi connectivity index (χ0) is 25.1. The SMILES string of the molecule is Cc1c(C)n(Cc2ccc(C(C(=O)N[C@@H](CO)c3ccccc3)C3CCCC3)cc2)c2ccccc12. The zero-order valence-electron chi connectivity index (χ0n) is 21.3. The van der Waals surface area contributed by atoms with E-state index < -0.39 is 6.04 Å². The van der Waals surface area contributed by atoms with Crippen molar-refractivity contribution in [2.24, 2.45) is 5.92 Å². The van der Waals surface area contributed by atoms with Gasteiger partial charge in [-0.2, -0.15) is 0 Å². The Morgan fingerprint density at radius 1 is 0.917 bits per heavy atom. The minimum absolute atomic E-state index is 0.0143. The van der Waals surface area contributed by atoms with Crippen LogP contribution in [0.3, 0.4) is 0 Å². The molecule has 0 saturated heterocycles. The lowest BCUT2D eigenvalue weighted by atomic mass is 9.83. The van der Waals surface area contributed by atoms with Crippen molar-refractivity contribution >= 4 is 16.8 Å². The fraction of sp³-hybridized carbons (Fsp3) is 0.344. The number of carbonyl (C=O) groups is 1. The smallest absolute Gasteiger partial charge is 0.228 e. The minimum Gasteiger partial charge on any atom is -0.394 e. The van der Waals surface area contributed by atoms with Crippen LogP contribution in [0.2, 0.25) is 0 Å². The average Bonchev–Trinajstić information content (AvgIpc) is 3.52. The summed E-state index contributed by atoms with van der Waals surface area (Å²) in [5.41, 5.74) is 7.11. The van der Waals surface area contributed by atoms with Crippen LogP contribution >= 0.6 is 0 Å². The molecular formula is C32H36N2O2. The van der Waals surface area contributed by atoms with Gasteiger partial charge in [-0.25, -0.2) is 0 Å². The van der Waals surface area contributed by atoms with E-state index in [2.05, 4.69) is 72.3 Å². The Balaban J connectivity index is 1.39. The van der Waals surface area contributed by atoms with Gasteiger partial charge in [0.1, 0.15) is 0 Å². The van der Waals surface area contributed by atoms with Crippen molar-refractivity contribution < 1.29 is 9.90 Å². The van der Waals surface area contributed by atoms with E-state index in [1.807, 2.05) is 30.3 Å². The molecule has 0 aliphatic heterocycles. The van der Waals surface area contributed by atoms with Crippen LogP contribution < -0.4 is 5.32 Å². The third-order valence-electron chi connectivity index (χ3n) is 8.08. The Hall–Kier alpha value is -3.37. The molecule has 2 N–H and O–H groups in total. The fourth-order valence-corrected chi connectivity index (χ4v) is 5.93. The number of aromatic nitrogens is 1. The van der Waals surface area contributed by atoms with E-state index in [0.717, 1.165) is 30.5 Å². The van der Waals surface area contributed by atoms with Crippen LogP contribution in [0.5, 0.6) is 0 Å². The summed E-state index contributed by atoms with van der Waals surface area (Å²) in [7, 11) is 0. The number of fused-ring (bicyclic) bond motifs is 1. The van der Waals surface area contributed by atoms with Crippen molar-refractivity contribution in [2.75, 3.05) is 6.61 Å². The van der Waals surface area contributed by atoms with Gasteiger partial charge in [-0.05, 0) is 60.9 Å². The van der Waals surface area contributed by atoms with Crippen LogP contribution in [0.15, 0.2) is 78.9 Å². The van der Waals surface area contributed by atoms with Crippen LogP contribution in [0.1, 0.15) is 65.6 Å². The van der Waals surface area contributed by atoms with Gasteiger partial charge in [0.25, 0.3) is 0 Å². The first-order valence-electron chi connectivity index (χ1n) is 13.2. The summed E-state index contributed by atoms with van der Waals surface area (Å²) in [6.07, 6.45) is 4.49. The fourth-order valence-electron chi connectivity index (χ4n) is 5.93. The molecule has 1 amide bonds. The molecule has 4 heteroatoms. The number of amides is 1. The number of para-hydroxylation sites is 1. The molecule has 3 aromatic carbocycles. The molecule has 0 radical (unpaired) electrons. The third-order valence-corrected chi connectivity index (χ3v) is 8.08. The molecule has 1 fully saturated rings. The van der Waals surface area contributed by atoms with E-state index in [0.29, 0.717) is 5.92 Å². The van der Waals surface area contributed by atoms with Gasteiger partial charge < -0.3 is 15.0 Å². The van der Waals surface area contributed by atoms with Crippen LogP contribution in [0, 0.1) is 19.8 Å². The van der Waals surface area contributed by atoms with Gasteiger partial charge in [-0.1, -0.05) is 85.6 Å². The summed E-state index contributed by atoms with van der Waals surface area (Å²) >= 11 is 0. The van der Waals surface area contributed by atoms with Gasteiger partial charge >= 0.3 is 0 Å². The minimum atomic E-state index is -0.393. The van der Waals surface area contributed by atoms with Gasteiger partial charge in [-0.15, -0.1) is 0 Å². The predicted octanol–water partition coefficient (Wildman–Crippen LogP) is 6.43. The van der Waals surface area contributed by atoms with Crippen molar-refractivity contribution in [3.05, 3.63) is 107 Å². The van der Waals surface area contributed by atoms with Crippen LogP contribution in [0.4, 0.5) is 0 Å². The second-order valence-electron chi connectivity index (χ2n) is 10.2. The summed E-state index contributed by atoms with van der Waals surface area (Å²) in [5.74, 6) is 0.153. The largest absolute Gasteiger partial charge is 0.394 e. The molecule has 36 heavy (non-hydrogen) atoms. The Bertz CT molecular complexity index is 1320. The van der Waals surface area contributed by atoms with E-state index >= 15 is 0 Å². The molecule has 4 aromatic rings. The molecule has 1 aliphatic carbocycles. The maximum absolute atomic E-state index is 13.6. The number of rotatable bonds is 8. The summed E-state index contributed by atoms with van der Waals surface area (Å²) in [6.45, 7) is 5.07. The number of nitrogens with zero attached hydrogens (tertiary/aromatic N) is 1. The van der Waals surface area contributed by atoms with Gasteiger partial charge in [0.15, 0.2) is 0 Å². The highest BCUT2D eigenvalue weighted by Crippen LogP contribution is 2.38. The molecule has 5 rings (SSSR count). The molecule has 0 bridgehead atoms. The van der Waals surface area contributed by atoms with Crippen LogP contribution in [-0.2, 0) is 11.3 Å². The number of aliphatic hydroxyl groups excluding tert-OH is 1. The first kappa shape index (κ1) is 24.3. The first-order valence-corrected chi connectivity index (χ1v) is 13.2.